The summed E-state index contributed by atoms with van der Waals surface area (Å²) >= 11 is 0. The molecule has 2 N–H and O–H groups in total. The van der Waals surface area contributed by atoms with Crippen molar-refractivity contribution in [3.63, 3.8) is 0 Å². The molecule has 1 aliphatic rings. The summed E-state index contributed by atoms with van der Waals surface area (Å²) in [5.41, 5.74) is 8.99. The van der Waals surface area contributed by atoms with Crippen LogP contribution in [0.1, 0.15) is 17.0 Å². The first-order valence-electron chi connectivity index (χ1n) is 8.12. The van der Waals surface area contributed by atoms with Gasteiger partial charge >= 0.3 is 0 Å². The summed E-state index contributed by atoms with van der Waals surface area (Å²) in [6, 6.07) is 19.1. The molecule has 0 aromatic heterocycles. The zero-order valence-electron chi connectivity index (χ0n) is 13.8. The predicted molar refractivity (Wildman–Crippen MR) is 102 cm³/mol. The van der Waals surface area contributed by atoms with E-state index < -0.39 is 0 Å². The minimum atomic E-state index is 0. The van der Waals surface area contributed by atoms with Crippen molar-refractivity contribution < 1.29 is 4.74 Å². The molecule has 2 aromatic rings. The molecule has 1 heterocycles. The van der Waals surface area contributed by atoms with Crippen molar-refractivity contribution in [3.8, 4) is 5.75 Å². The Bertz CT molecular complexity index is 630. The summed E-state index contributed by atoms with van der Waals surface area (Å²) in [4.78, 5) is 2.43. The highest BCUT2D eigenvalue weighted by molar-refractivity contribution is 5.85. The Morgan fingerprint density at radius 2 is 1.79 bits per heavy atom. The third kappa shape index (κ3) is 4.60. The lowest BCUT2D eigenvalue weighted by molar-refractivity contribution is 0.323. The molecule has 128 valence electrons. The summed E-state index contributed by atoms with van der Waals surface area (Å²) in [6.45, 7) is 7.08. The van der Waals surface area contributed by atoms with E-state index >= 15 is 0 Å². The van der Waals surface area contributed by atoms with Crippen LogP contribution in [0.3, 0.4) is 0 Å². The van der Waals surface area contributed by atoms with Crippen LogP contribution < -0.4 is 10.5 Å². The first-order chi connectivity index (χ1) is 11.3. The SMILES string of the molecule is C=CCOc1ccc(CN2C[C@@H](N)[C@H](c3ccccc3)C2)cc1.Cl. The number of likely N-dealkylation sites (tertiary alicyclic amines) is 1. The molecule has 0 spiro atoms. The van der Waals surface area contributed by atoms with Crippen molar-refractivity contribution in [1.29, 1.82) is 0 Å². The minimum Gasteiger partial charge on any atom is -0.490 e. The van der Waals surface area contributed by atoms with E-state index in [0.29, 0.717) is 12.5 Å². The lowest BCUT2D eigenvalue weighted by Crippen LogP contribution is -2.28. The summed E-state index contributed by atoms with van der Waals surface area (Å²) < 4.78 is 5.52. The van der Waals surface area contributed by atoms with E-state index in [2.05, 4.69) is 53.9 Å². The van der Waals surface area contributed by atoms with Crippen molar-refractivity contribution in [1.82, 2.24) is 4.90 Å². The van der Waals surface area contributed by atoms with E-state index in [0.717, 1.165) is 25.4 Å². The van der Waals surface area contributed by atoms with Crippen LogP contribution in [0.4, 0.5) is 0 Å². The zero-order chi connectivity index (χ0) is 16.1. The number of nitrogens with two attached hydrogens (primary N) is 1. The maximum Gasteiger partial charge on any atom is 0.119 e. The lowest BCUT2D eigenvalue weighted by atomic mass is 9.95. The maximum atomic E-state index is 6.36. The molecule has 0 aliphatic carbocycles. The highest BCUT2D eigenvalue weighted by Crippen LogP contribution is 2.27. The molecule has 1 aliphatic heterocycles. The van der Waals surface area contributed by atoms with E-state index in [-0.39, 0.29) is 18.4 Å². The molecule has 1 fully saturated rings. The maximum absolute atomic E-state index is 6.36. The molecule has 0 bridgehead atoms. The van der Waals surface area contributed by atoms with Crippen LogP contribution in [0.25, 0.3) is 0 Å². The molecule has 0 radical (unpaired) electrons. The fraction of sp³-hybridized carbons (Fsp3) is 0.300. The van der Waals surface area contributed by atoms with Gasteiger partial charge in [0.2, 0.25) is 0 Å². The van der Waals surface area contributed by atoms with Gasteiger partial charge in [0.05, 0.1) is 0 Å². The Hall–Kier alpha value is -1.81. The molecular weight excluding hydrogens is 320 g/mol. The molecule has 1 saturated heterocycles. The van der Waals surface area contributed by atoms with E-state index in [1.807, 2.05) is 12.1 Å². The summed E-state index contributed by atoms with van der Waals surface area (Å²) in [7, 11) is 0. The first-order valence-corrected chi connectivity index (χ1v) is 8.12. The van der Waals surface area contributed by atoms with Crippen LogP contribution in [0.2, 0.25) is 0 Å². The second-order valence-electron chi connectivity index (χ2n) is 6.12. The highest BCUT2D eigenvalue weighted by Gasteiger charge is 2.30. The van der Waals surface area contributed by atoms with Gasteiger partial charge in [0.25, 0.3) is 0 Å². The quantitative estimate of drug-likeness (QED) is 0.814. The topological polar surface area (TPSA) is 38.5 Å². The van der Waals surface area contributed by atoms with Crippen molar-refractivity contribution in [2.45, 2.75) is 18.5 Å². The van der Waals surface area contributed by atoms with Crippen LogP contribution in [0, 0.1) is 0 Å². The van der Waals surface area contributed by atoms with Gasteiger partial charge in [0.1, 0.15) is 12.4 Å². The fourth-order valence-electron chi connectivity index (χ4n) is 3.20. The monoisotopic (exact) mass is 344 g/mol. The molecule has 3 nitrogen and oxygen atoms in total. The van der Waals surface area contributed by atoms with Gasteiger partial charge in [0.15, 0.2) is 0 Å². The highest BCUT2D eigenvalue weighted by atomic mass is 35.5. The van der Waals surface area contributed by atoms with Crippen LogP contribution in [-0.2, 0) is 6.54 Å². The number of nitrogens with zero attached hydrogens (tertiary/aromatic N) is 1. The van der Waals surface area contributed by atoms with Crippen molar-refractivity contribution in [2.24, 2.45) is 5.73 Å². The molecule has 0 saturated carbocycles. The Kier molecular flexibility index (Phi) is 6.85. The molecule has 3 rings (SSSR count). The van der Waals surface area contributed by atoms with Gasteiger partial charge in [-0.2, -0.15) is 0 Å². The number of hydrogen-bond acceptors (Lipinski definition) is 3. The largest absolute Gasteiger partial charge is 0.490 e. The van der Waals surface area contributed by atoms with Crippen LogP contribution >= 0.6 is 12.4 Å². The van der Waals surface area contributed by atoms with E-state index in [1.165, 1.54) is 11.1 Å². The number of halogens is 1. The third-order valence-corrected chi connectivity index (χ3v) is 4.37. The van der Waals surface area contributed by atoms with E-state index in [1.54, 1.807) is 6.08 Å². The summed E-state index contributed by atoms with van der Waals surface area (Å²) in [5.74, 6) is 1.31. The summed E-state index contributed by atoms with van der Waals surface area (Å²) in [6.07, 6.45) is 1.75. The van der Waals surface area contributed by atoms with Crippen molar-refractivity contribution in [3.05, 3.63) is 78.4 Å². The molecule has 2 atom stereocenters. The number of hydrogen-bond donors (Lipinski definition) is 1. The van der Waals surface area contributed by atoms with Gasteiger partial charge in [-0.3, -0.25) is 4.90 Å². The molecule has 0 amide bonds. The van der Waals surface area contributed by atoms with Gasteiger partial charge in [-0.1, -0.05) is 55.1 Å². The molecule has 2 aromatic carbocycles. The fourth-order valence-corrected chi connectivity index (χ4v) is 3.20. The molecule has 0 unspecified atom stereocenters. The summed E-state index contributed by atoms with van der Waals surface area (Å²) in [5, 5.41) is 0. The van der Waals surface area contributed by atoms with Gasteiger partial charge < -0.3 is 10.5 Å². The molecule has 4 heteroatoms. The Morgan fingerprint density at radius 1 is 1.08 bits per heavy atom. The Balaban J connectivity index is 0.00000208. The smallest absolute Gasteiger partial charge is 0.119 e. The zero-order valence-corrected chi connectivity index (χ0v) is 14.6. The van der Waals surface area contributed by atoms with E-state index in [9.17, 15) is 0 Å². The Morgan fingerprint density at radius 3 is 2.46 bits per heavy atom. The minimum absolute atomic E-state index is 0. The number of benzene rings is 2. The van der Waals surface area contributed by atoms with E-state index in [4.69, 9.17) is 10.5 Å². The van der Waals surface area contributed by atoms with Gasteiger partial charge in [-0.25, -0.2) is 0 Å². The third-order valence-electron chi connectivity index (χ3n) is 4.37. The average Bonchev–Trinajstić information content (AvgIpc) is 2.95. The lowest BCUT2D eigenvalue weighted by Gasteiger charge is -2.16. The predicted octanol–water partition coefficient (Wildman–Crippen LogP) is 3.60. The van der Waals surface area contributed by atoms with Crippen LogP contribution in [0.5, 0.6) is 5.75 Å². The van der Waals surface area contributed by atoms with Gasteiger partial charge in [-0.05, 0) is 23.3 Å². The number of rotatable bonds is 6. The second kappa shape index (κ2) is 8.88. The molecular formula is C20H25ClN2O. The van der Waals surface area contributed by atoms with Crippen molar-refractivity contribution in [2.75, 3.05) is 19.7 Å². The molecule has 24 heavy (non-hydrogen) atoms. The van der Waals surface area contributed by atoms with Gasteiger partial charge in [-0.15, -0.1) is 12.4 Å². The van der Waals surface area contributed by atoms with Crippen molar-refractivity contribution >= 4 is 12.4 Å². The first kappa shape index (κ1) is 18.5. The second-order valence-corrected chi connectivity index (χ2v) is 6.12. The number of ether oxygens (including phenoxy) is 1. The van der Waals surface area contributed by atoms with Crippen LogP contribution in [-0.4, -0.2) is 30.6 Å². The normalized spacial score (nSPS) is 20.4. The standard InChI is InChI=1S/C20H24N2O.ClH/c1-2-12-23-18-10-8-16(9-11-18)13-22-14-19(20(21)15-22)17-6-4-3-5-7-17;/h2-11,19-20H,1,12-15,21H2;1H/t19-,20+;/m0./s1. The van der Waals surface area contributed by atoms with Gasteiger partial charge in [0, 0.05) is 31.6 Å². The Labute approximate surface area is 150 Å². The average molecular weight is 345 g/mol. The van der Waals surface area contributed by atoms with Crippen LogP contribution in [0.15, 0.2) is 67.3 Å².